The van der Waals surface area contributed by atoms with Gasteiger partial charge in [-0.15, -0.1) is 0 Å². The fourth-order valence-corrected chi connectivity index (χ4v) is 4.01. The summed E-state index contributed by atoms with van der Waals surface area (Å²) in [7, 11) is 0. The fourth-order valence-electron chi connectivity index (χ4n) is 3.75. The number of fused-ring (bicyclic) bond motifs is 3. The van der Waals surface area contributed by atoms with Gasteiger partial charge in [0.25, 0.3) is 0 Å². The van der Waals surface area contributed by atoms with Crippen LogP contribution in [0.2, 0.25) is 0 Å². The molecule has 0 bridgehead atoms. The van der Waals surface area contributed by atoms with E-state index in [1.807, 2.05) is 54.6 Å². The monoisotopic (exact) mass is 470 g/mol. The van der Waals surface area contributed by atoms with Gasteiger partial charge in [-0.2, -0.15) is 13.2 Å². The van der Waals surface area contributed by atoms with E-state index in [0.29, 0.717) is 10.0 Å². The lowest BCUT2D eigenvalue weighted by molar-refractivity contribution is -0.253. The Morgan fingerprint density at radius 3 is 2.23 bits per heavy atom. The number of halogens is 4. The van der Waals surface area contributed by atoms with Gasteiger partial charge in [-0.25, -0.2) is 4.99 Å². The highest BCUT2D eigenvalue weighted by Crippen LogP contribution is 2.50. The SMILES string of the molecule is FC(F)(F)C1(c2ccc(Br)cc2)N=Cn2c(c(-c3ccccc3)c3ccccc32)O1. The Morgan fingerprint density at radius 2 is 1.53 bits per heavy atom. The number of para-hydroxylation sites is 1. The van der Waals surface area contributed by atoms with Crippen LogP contribution in [0.5, 0.6) is 5.88 Å². The molecule has 1 atom stereocenters. The molecular formula is C23H14BrF3N2O. The lowest BCUT2D eigenvalue weighted by Gasteiger charge is -2.35. The van der Waals surface area contributed by atoms with Gasteiger partial charge in [0.2, 0.25) is 5.88 Å². The second kappa shape index (κ2) is 6.74. The molecular weight excluding hydrogens is 457 g/mol. The quantitative estimate of drug-likeness (QED) is 0.318. The van der Waals surface area contributed by atoms with E-state index >= 15 is 0 Å². The third kappa shape index (κ3) is 2.76. The zero-order chi connectivity index (χ0) is 20.9. The number of ether oxygens (including phenoxy) is 1. The van der Waals surface area contributed by atoms with E-state index < -0.39 is 11.9 Å². The van der Waals surface area contributed by atoms with Gasteiger partial charge in [-0.3, -0.25) is 4.57 Å². The molecule has 0 saturated carbocycles. The summed E-state index contributed by atoms with van der Waals surface area (Å²) in [6, 6.07) is 22.5. The molecule has 5 rings (SSSR count). The van der Waals surface area contributed by atoms with Gasteiger partial charge in [-0.1, -0.05) is 76.6 Å². The third-order valence-electron chi connectivity index (χ3n) is 5.15. The molecule has 1 aliphatic heterocycles. The summed E-state index contributed by atoms with van der Waals surface area (Å²) in [6.07, 6.45) is -3.56. The molecule has 1 unspecified atom stereocenters. The van der Waals surface area contributed by atoms with Gasteiger partial charge in [0, 0.05) is 15.4 Å². The first-order chi connectivity index (χ1) is 14.4. The molecule has 150 valence electrons. The molecule has 0 radical (unpaired) electrons. The normalized spacial score (nSPS) is 18.3. The molecule has 7 heteroatoms. The first-order valence-corrected chi connectivity index (χ1v) is 9.95. The number of rotatable bonds is 2. The van der Waals surface area contributed by atoms with E-state index in [9.17, 15) is 13.2 Å². The van der Waals surface area contributed by atoms with Gasteiger partial charge in [0.15, 0.2) is 0 Å². The Bertz CT molecular complexity index is 1260. The van der Waals surface area contributed by atoms with Crippen molar-refractivity contribution < 1.29 is 17.9 Å². The third-order valence-corrected chi connectivity index (χ3v) is 5.68. The predicted octanol–water partition coefficient (Wildman–Crippen LogP) is 6.75. The van der Waals surface area contributed by atoms with Crippen molar-refractivity contribution in [3.8, 4) is 17.0 Å². The Kier molecular flexibility index (Phi) is 4.25. The van der Waals surface area contributed by atoms with E-state index in [2.05, 4.69) is 20.9 Å². The first-order valence-electron chi connectivity index (χ1n) is 9.16. The molecule has 0 N–H and O–H groups in total. The van der Waals surface area contributed by atoms with Gasteiger partial charge >= 0.3 is 11.9 Å². The summed E-state index contributed by atoms with van der Waals surface area (Å²) < 4.78 is 51.3. The van der Waals surface area contributed by atoms with Crippen LogP contribution in [-0.4, -0.2) is 17.1 Å². The van der Waals surface area contributed by atoms with Crippen molar-refractivity contribution in [2.75, 3.05) is 0 Å². The standard InChI is InChI=1S/C23H14BrF3N2O/c24-17-12-10-16(11-13-17)22(23(25,26)27)28-14-29-19-9-5-4-8-18(19)20(21(29)30-22)15-6-2-1-3-7-15/h1-14H. The Balaban J connectivity index is 1.80. The van der Waals surface area contributed by atoms with Crippen LogP contribution >= 0.6 is 15.9 Å². The van der Waals surface area contributed by atoms with E-state index in [1.165, 1.54) is 18.5 Å². The molecule has 2 heterocycles. The summed E-state index contributed by atoms with van der Waals surface area (Å²) >= 11 is 3.26. The Labute approximate surface area is 178 Å². The number of hydrogen-bond acceptors (Lipinski definition) is 2. The summed E-state index contributed by atoms with van der Waals surface area (Å²) in [5.74, 6) is 0.109. The van der Waals surface area contributed by atoms with Crippen molar-refractivity contribution >= 4 is 33.2 Å². The highest BCUT2D eigenvalue weighted by Gasteiger charge is 2.61. The number of hydrogen-bond donors (Lipinski definition) is 0. The zero-order valence-corrected chi connectivity index (χ0v) is 17.0. The summed E-state index contributed by atoms with van der Waals surface area (Å²) in [6.45, 7) is 0. The number of nitrogens with zero attached hydrogens (tertiary/aromatic N) is 2. The van der Waals surface area contributed by atoms with Crippen LogP contribution in [0, 0.1) is 0 Å². The number of alkyl halides is 3. The average Bonchev–Trinajstić information content (AvgIpc) is 3.07. The maximum absolute atomic E-state index is 14.4. The maximum Gasteiger partial charge on any atom is 0.455 e. The highest BCUT2D eigenvalue weighted by molar-refractivity contribution is 9.10. The van der Waals surface area contributed by atoms with Crippen molar-refractivity contribution in [3.05, 3.63) is 88.9 Å². The van der Waals surface area contributed by atoms with Crippen molar-refractivity contribution in [2.45, 2.75) is 11.9 Å². The Morgan fingerprint density at radius 1 is 0.867 bits per heavy atom. The first kappa shape index (κ1) is 18.9. The van der Waals surface area contributed by atoms with Crippen LogP contribution in [0.15, 0.2) is 88.3 Å². The van der Waals surface area contributed by atoms with E-state index in [0.717, 1.165) is 16.5 Å². The van der Waals surface area contributed by atoms with Gasteiger partial charge < -0.3 is 4.74 Å². The largest absolute Gasteiger partial charge is 0.455 e. The van der Waals surface area contributed by atoms with Crippen molar-refractivity contribution in [1.82, 2.24) is 4.57 Å². The van der Waals surface area contributed by atoms with Gasteiger partial charge in [0.1, 0.15) is 6.34 Å². The van der Waals surface area contributed by atoms with Crippen LogP contribution < -0.4 is 4.74 Å². The molecule has 4 aromatic rings. The molecule has 0 amide bonds. The molecule has 3 nitrogen and oxygen atoms in total. The lowest BCUT2D eigenvalue weighted by atomic mass is 10.0. The van der Waals surface area contributed by atoms with Crippen LogP contribution in [0.4, 0.5) is 13.2 Å². The van der Waals surface area contributed by atoms with Gasteiger partial charge in [0.05, 0.1) is 11.1 Å². The molecule has 1 aliphatic rings. The molecule has 30 heavy (non-hydrogen) atoms. The fraction of sp³-hybridized carbons (Fsp3) is 0.0870. The highest BCUT2D eigenvalue weighted by atomic mass is 79.9. The van der Waals surface area contributed by atoms with E-state index in [4.69, 9.17) is 4.74 Å². The molecule has 0 spiro atoms. The van der Waals surface area contributed by atoms with Crippen LogP contribution in [0.25, 0.3) is 22.0 Å². The minimum absolute atomic E-state index is 0.0926. The minimum Gasteiger partial charge on any atom is -0.436 e. The average molecular weight is 471 g/mol. The number of benzene rings is 3. The maximum atomic E-state index is 14.4. The lowest BCUT2D eigenvalue weighted by Crippen LogP contribution is -2.48. The topological polar surface area (TPSA) is 26.5 Å². The summed E-state index contributed by atoms with van der Waals surface area (Å²) in [4.78, 5) is 3.91. The second-order valence-electron chi connectivity index (χ2n) is 6.93. The Hall–Kier alpha value is -3.06. The smallest absolute Gasteiger partial charge is 0.436 e. The second-order valence-corrected chi connectivity index (χ2v) is 7.84. The summed E-state index contributed by atoms with van der Waals surface area (Å²) in [5.41, 5.74) is -0.832. The molecule has 3 aromatic carbocycles. The van der Waals surface area contributed by atoms with Crippen LogP contribution in [0.1, 0.15) is 5.56 Å². The van der Waals surface area contributed by atoms with E-state index in [-0.39, 0.29) is 11.4 Å². The number of aromatic nitrogens is 1. The van der Waals surface area contributed by atoms with Crippen molar-refractivity contribution in [1.29, 1.82) is 0 Å². The summed E-state index contributed by atoms with van der Waals surface area (Å²) in [5, 5.41) is 0.791. The molecule has 0 aliphatic carbocycles. The molecule has 0 fully saturated rings. The van der Waals surface area contributed by atoms with Crippen LogP contribution in [0.3, 0.4) is 0 Å². The van der Waals surface area contributed by atoms with Gasteiger partial charge in [-0.05, 0) is 23.8 Å². The molecule has 0 saturated heterocycles. The zero-order valence-electron chi connectivity index (χ0n) is 15.4. The van der Waals surface area contributed by atoms with Crippen molar-refractivity contribution in [2.24, 2.45) is 4.99 Å². The van der Waals surface area contributed by atoms with Crippen molar-refractivity contribution in [3.63, 3.8) is 0 Å². The number of aliphatic imine (C=N–C) groups is 1. The predicted molar refractivity (Wildman–Crippen MR) is 114 cm³/mol. The van der Waals surface area contributed by atoms with Crippen LogP contribution in [-0.2, 0) is 5.72 Å². The molecule has 1 aromatic heterocycles. The van der Waals surface area contributed by atoms with E-state index in [1.54, 1.807) is 16.7 Å². The minimum atomic E-state index is -4.77.